The van der Waals surface area contributed by atoms with Gasteiger partial charge in [0.1, 0.15) is 0 Å². The van der Waals surface area contributed by atoms with Crippen LogP contribution in [0.25, 0.3) is 0 Å². The van der Waals surface area contributed by atoms with Crippen LogP contribution in [0.5, 0.6) is 0 Å². The average Bonchev–Trinajstić information content (AvgIpc) is 2.65. The standard InChI is InChI=1S/C11H18N4O/c1-11(5-3-2-4-6-11)10(16)14-9-8(12)7-13-15-9/h7H,2-6,12H2,1H3,(H2,13,14,15,16). The molecule has 4 N–H and O–H groups in total. The first-order valence-corrected chi connectivity index (χ1v) is 5.72. The second-order valence-corrected chi connectivity index (χ2v) is 4.78. The van der Waals surface area contributed by atoms with Gasteiger partial charge in [0.15, 0.2) is 5.82 Å². The number of nitrogens with one attached hydrogen (secondary N) is 2. The Kier molecular flexibility index (Phi) is 2.85. The Labute approximate surface area is 94.8 Å². The van der Waals surface area contributed by atoms with Crippen molar-refractivity contribution in [3.05, 3.63) is 6.20 Å². The van der Waals surface area contributed by atoms with E-state index in [0.717, 1.165) is 25.7 Å². The Morgan fingerprint density at radius 1 is 1.50 bits per heavy atom. The molecule has 1 amide bonds. The van der Waals surface area contributed by atoms with E-state index in [4.69, 9.17) is 5.73 Å². The maximum Gasteiger partial charge on any atom is 0.231 e. The molecule has 5 heteroatoms. The first-order valence-electron chi connectivity index (χ1n) is 5.72. The van der Waals surface area contributed by atoms with Crippen LogP contribution in [0, 0.1) is 5.41 Å². The molecular formula is C11H18N4O. The van der Waals surface area contributed by atoms with E-state index in [1.165, 1.54) is 12.6 Å². The number of nitrogens with two attached hydrogens (primary N) is 1. The molecule has 0 unspecified atom stereocenters. The van der Waals surface area contributed by atoms with E-state index in [-0.39, 0.29) is 11.3 Å². The highest BCUT2D eigenvalue weighted by Crippen LogP contribution is 2.36. The minimum Gasteiger partial charge on any atom is -0.394 e. The number of anilines is 2. The van der Waals surface area contributed by atoms with Crippen molar-refractivity contribution in [3.8, 4) is 0 Å². The van der Waals surface area contributed by atoms with Gasteiger partial charge >= 0.3 is 0 Å². The van der Waals surface area contributed by atoms with E-state index in [1.54, 1.807) is 0 Å². The summed E-state index contributed by atoms with van der Waals surface area (Å²) in [6, 6.07) is 0. The molecule has 1 aromatic rings. The van der Waals surface area contributed by atoms with Crippen molar-refractivity contribution < 1.29 is 4.79 Å². The highest BCUT2D eigenvalue weighted by molar-refractivity contribution is 5.96. The predicted molar refractivity (Wildman–Crippen MR) is 62.8 cm³/mol. The lowest BCUT2D eigenvalue weighted by atomic mass is 9.75. The highest BCUT2D eigenvalue weighted by Gasteiger charge is 2.34. The molecule has 5 nitrogen and oxygen atoms in total. The molecule has 0 bridgehead atoms. The molecular weight excluding hydrogens is 204 g/mol. The fraction of sp³-hybridized carbons (Fsp3) is 0.636. The number of aromatic amines is 1. The Morgan fingerprint density at radius 3 is 2.75 bits per heavy atom. The summed E-state index contributed by atoms with van der Waals surface area (Å²) in [5.41, 5.74) is 5.88. The Morgan fingerprint density at radius 2 is 2.19 bits per heavy atom. The molecule has 1 aliphatic carbocycles. The molecule has 0 radical (unpaired) electrons. The maximum atomic E-state index is 12.1. The first kappa shape index (κ1) is 11.0. The number of hydrogen-bond donors (Lipinski definition) is 3. The van der Waals surface area contributed by atoms with E-state index < -0.39 is 0 Å². The van der Waals surface area contributed by atoms with Crippen molar-refractivity contribution >= 4 is 17.4 Å². The van der Waals surface area contributed by atoms with Crippen LogP contribution in [-0.2, 0) is 4.79 Å². The van der Waals surface area contributed by atoms with Gasteiger partial charge in [0.25, 0.3) is 0 Å². The number of hydrogen-bond acceptors (Lipinski definition) is 3. The Balaban J connectivity index is 2.05. The van der Waals surface area contributed by atoms with Gasteiger partial charge < -0.3 is 11.1 Å². The van der Waals surface area contributed by atoms with Crippen molar-refractivity contribution in [2.24, 2.45) is 5.41 Å². The zero-order valence-corrected chi connectivity index (χ0v) is 9.55. The number of amides is 1. The topological polar surface area (TPSA) is 83.8 Å². The SMILES string of the molecule is CC1(C(=O)Nc2[nH]ncc2N)CCCCC1. The van der Waals surface area contributed by atoms with Crippen LogP contribution >= 0.6 is 0 Å². The summed E-state index contributed by atoms with van der Waals surface area (Å²) in [7, 11) is 0. The van der Waals surface area contributed by atoms with Crippen LogP contribution in [0.3, 0.4) is 0 Å². The van der Waals surface area contributed by atoms with Crippen molar-refractivity contribution in [2.45, 2.75) is 39.0 Å². The zero-order chi connectivity index (χ0) is 11.6. The summed E-state index contributed by atoms with van der Waals surface area (Å²) in [6.45, 7) is 2.02. The van der Waals surface area contributed by atoms with Crippen molar-refractivity contribution in [2.75, 3.05) is 11.1 Å². The summed E-state index contributed by atoms with van der Waals surface area (Å²) >= 11 is 0. The molecule has 16 heavy (non-hydrogen) atoms. The van der Waals surface area contributed by atoms with Gasteiger partial charge in [-0.15, -0.1) is 0 Å². The molecule has 1 aromatic heterocycles. The normalized spacial score (nSPS) is 19.3. The van der Waals surface area contributed by atoms with E-state index in [0.29, 0.717) is 11.5 Å². The number of nitrogens with zero attached hydrogens (tertiary/aromatic N) is 1. The fourth-order valence-electron chi connectivity index (χ4n) is 2.22. The molecule has 0 aromatic carbocycles. The third kappa shape index (κ3) is 2.03. The van der Waals surface area contributed by atoms with Crippen LogP contribution in [0.1, 0.15) is 39.0 Å². The van der Waals surface area contributed by atoms with Crippen molar-refractivity contribution in [1.82, 2.24) is 10.2 Å². The molecule has 0 atom stereocenters. The van der Waals surface area contributed by atoms with Crippen LogP contribution in [-0.4, -0.2) is 16.1 Å². The minimum absolute atomic E-state index is 0.0446. The van der Waals surface area contributed by atoms with Crippen molar-refractivity contribution in [3.63, 3.8) is 0 Å². The number of H-pyrrole nitrogens is 1. The van der Waals surface area contributed by atoms with Gasteiger partial charge in [0, 0.05) is 5.41 Å². The van der Waals surface area contributed by atoms with E-state index in [2.05, 4.69) is 15.5 Å². The molecule has 88 valence electrons. The predicted octanol–water partition coefficient (Wildman–Crippen LogP) is 1.90. The maximum absolute atomic E-state index is 12.1. The minimum atomic E-state index is -0.254. The fourth-order valence-corrected chi connectivity index (χ4v) is 2.22. The zero-order valence-electron chi connectivity index (χ0n) is 9.55. The number of nitrogen functional groups attached to an aromatic ring is 1. The average molecular weight is 222 g/mol. The van der Waals surface area contributed by atoms with Crippen molar-refractivity contribution in [1.29, 1.82) is 0 Å². The third-order valence-corrected chi connectivity index (χ3v) is 3.41. The van der Waals surface area contributed by atoms with Gasteiger partial charge in [-0.25, -0.2) is 0 Å². The lowest BCUT2D eigenvalue weighted by Crippen LogP contribution is -2.35. The van der Waals surface area contributed by atoms with E-state index in [1.807, 2.05) is 6.92 Å². The second-order valence-electron chi connectivity index (χ2n) is 4.78. The summed E-state index contributed by atoms with van der Waals surface area (Å²) in [5.74, 6) is 0.556. The molecule has 0 spiro atoms. The van der Waals surface area contributed by atoms with Crippen LogP contribution < -0.4 is 11.1 Å². The molecule has 1 aliphatic rings. The molecule has 0 saturated heterocycles. The molecule has 1 heterocycles. The third-order valence-electron chi connectivity index (χ3n) is 3.41. The Hall–Kier alpha value is -1.52. The van der Waals surface area contributed by atoms with Crippen LogP contribution in [0.15, 0.2) is 6.20 Å². The molecule has 0 aliphatic heterocycles. The van der Waals surface area contributed by atoms with Crippen LogP contribution in [0.4, 0.5) is 11.5 Å². The van der Waals surface area contributed by atoms with E-state index in [9.17, 15) is 4.79 Å². The summed E-state index contributed by atoms with van der Waals surface area (Å²) < 4.78 is 0. The van der Waals surface area contributed by atoms with Crippen LogP contribution in [0.2, 0.25) is 0 Å². The Bertz CT molecular complexity index is 379. The summed E-state index contributed by atoms with van der Waals surface area (Å²) in [5, 5.41) is 9.28. The highest BCUT2D eigenvalue weighted by atomic mass is 16.2. The van der Waals surface area contributed by atoms with E-state index >= 15 is 0 Å². The number of aromatic nitrogens is 2. The van der Waals surface area contributed by atoms with Gasteiger partial charge in [-0.3, -0.25) is 9.89 Å². The summed E-state index contributed by atoms with van der Waals surface area (Å²) in [4.78, 5) is 12.1. The van der Waals surface area contributed by atoms with Gasteiger partial charge in [0.05, 0.1) is 11.9 Å². The molecule has 1 saturated carbocycles. The largest absolute Gasteiger partial charge is 0.394 e. The van der Waals surface area contributed by atoms with Gasteiger partial charge in [-0.05, 0) is 12.8 Å². The lowest BCUT2D eigenvalue weighted by molar-refractivity contribution is -0.126. The van der Waals surface area contributed by atoms with Gasteiger partial charge in [-0.1, -0.05) is 26.2 Å². The monoisotopic (exact) mass is 222 g/mol. The quantitative estimate of drug-likeness (QED) is 0.714. The smallest absolute Gasteiger partial charge is 0.231 e. The molecule has 1 fully saturated rings. The lowest BCUT2D eigenvalue weighted by Gasteiger charge is -2.31. The second kappa shape index (κ2) is 4.15. The molecule has 2 rings (SSSR count). The van der Waals surface area contributed by atoms with Gasteiger partial charge in [0.2, 0.25) is 5.91 Å². The number of carbonyl (C=O) groups excluding carboxylic acids is 1. The number of carbonyl (C=O) groups is 1. The van der Waals surface area contributed by atoms with Gasteiger partial charge in [-0.2, -0.15) is 5.10 Å². The first-order chi connectivity index (χ1) is 7.62. The number of rotatable bonds is 2. The summed E-state index contributed by atoms with van der Waals surface area (Å²) in [6.07, 6.45) is 6.89.